The molecular formula is C22H24N4O2. The van der Waals surface area contributed by atoms with Gasteiger partial charge in [-0.2, -0.15) is 5.10 Å². The minimum Gasteiger partial charge on any atom is -0.392 e. The predicted molar refractivity (Wildman–Crippen MR) is 108 cm³/mol. The number of carbonyl (C=O) groups excluding carboxylic acids is 1. The number of amides is 2. The van der Waals surface area contributed by atoms with Gasteiger partial charge >= 0.3 is 6.03 Å². The topological polar surface area (TPSA) is 70.4 Å². The lowest BCUT2D eigenvalue weighted by atomic mass is 9.72. The Hall–Kier alpha value is -2.86. The molecule has 28 heavy (non-hydrogen) atoms. The highest BCUT2D eigenvalue weighted by atomic mass is 16.3. The number of carbonyl (C=O) groups is 1. The van der Waals surface area contributed by atoms with Gasteiger partial charge in [-0.1, -0.05) is 24.3 Å². The third-order valence-electron chi connectivity index (χ3n) is 6.55. The number of likely N-dealkylation sites (tertiary alicyclic amines) is 1. The number of aryl methyl sites for hydroxylation is 1. The Labute approximate surface area is 163 Å². The maximum atomic E-state index is 12.8. The maximum absolute atomic E-state index is 12.8. The standard InChI is InChI=1S/C22H24N4O2/c1-25-19-7-6-17(12-16(19)14-23-25)24-21(28)26-10-8-22(9-11-26)18-5-3-2-4-15(18)13-20(22)27/h2-7,12,14,20,27H,8-11,13H2,1H3,(H,24,28)/t20-/m1/s1. The first kappa shape index (κ1) is 17.3. The van der Waals surface area contributed by atoms with Crippen molar-refractivity contribution in [2.45, 2.75) is 30.8 Å². The van der Waals surface area contributed by atoms with Crippen LogP contribution in [0.5, 0.6) is 0 Å². The van der Waals surface area contributed by atoms with Crippen LogP contribution in [0, 0.1) is 0 Å². The summed E-state index contributed by atoms with van der Waals surface area (Å²) in [6.07, 6.45) is 3.74. The average Bonchev–Trinajstić information content (AvgIpc) is 3.20. The van der Waals surface area contributed by atoms with E-state index in [1.54, 1.807) is 6.20 Å². The van der Waals surface area contributed by atoms with E-state index in [0.29, 0.717) is 19.5 Å². The van der Waals surface area contributed by atoms with Gasteiger partial charge in [-0.3, -0.25) is 4.68 Å². The van der Waals surface area contributed by atoms with Gasteiger partial charge in [0, 0.05) is 36.6 Å². The van der Waals surface area contributed by atoms with Crippen molar-refractivity contribution in [3.05, 3.63) is 59.8 Å². The lowest BCUT2D eigenvalue weighted by Crippen LogP contribution is -2.50. The van der Waals surface area contributed by atoms with E-state index >= 15 is 0 Å². The second-order valence-electron chi connectivity index (χ2n) is 7.99. The van der Waals surface area contributed by atoms with Gasteiger partial charge in [0.15, 0.2) is 0 Å². The zero-order chi connectivity index (χ0) is 19.3. The average molecular weight is 376 g/mol. The van der Waals surface area contributed by atoms with Crippen LogP contribution in [0.4, 0.5) is 10.5 Å². The highest BCUT2D eigenvalue weighted by Crippen LogP contribution is 2.46. The number of nitrogens with one attached hydrogen (secondary N) is 1. The van der Waals surface area contributed by atoms with Gasteiger partial charge in [-0.05, 0) is 48.6 Å². The van der Waals surface area contributed by atoms with Crippen molar-refractivity contribution >= 4 is 22.6 Å². The van der Waals surface area contributed by atoms with Gasteiger partial charge in [0.1, 0.15) is 0 Å². The number of nitrogens with zero attached hydrogens (tertiary/aromatic N) is 3. The number of rotatable bonds is 1. The number of aliphatic hydroxyl groups is 1. The summed E-state index contributed by atoms with van der Waals surface area (Å²) in [5, 5.41) is 19.0. The molecule has 6 nitrogen and oxygen atoms in total. The Morgan fingerprint density at radius 2 is 2.00 bits per heavy atom. The Morgan fingerprint density at radius 1 is 1.21 bits per heavy atom. The van der Waals surface area contributed by atoms with Gasteiger partial charge < -0.3 is 15.3 Å². The Bertz CT molecular complexity index is 1050. The predicted octanol–water partition coefficient (Wildman–Crippen LogP) is 3.06. The summed E-state index contributed by atoms with van der Waals surface area (Å²) >= 11 is 0. The molecule has 5 rings (SSSR count). The molecule has 144 valence electrons. The normalized spacial score (nSPS) is 20.5. The fourth-order valence-corrected chi connectivity index (χ4v) is 4.92. The van der Waals surface area contributed by atoms with E-state index in [4.69, 9.17) is 0 Å². The van der Waals surface area contributed by atoms with Crippen molar-refractivity contribution in [3.8, 4) is 0 Å². The number of piperidine rings is 1. The van der Waals surface area contributed by atoms with Crippen LogP contribution < -0.4 is 5.32 Å². The zero-order valence-electron chi connectivity index (χ0n) is 15.9. The van der Waals surface area contributed by atoms with Crippen LogP contribution in [-0.2, 0) is 18.9 Å². The minimum absolute atomic E-state index is 0.0844. The maximum Gasteiger partial charge on any atom is 0.321 e. The molecule has 1 spiro atoms. The Balaban J connectivity index is 1.29. The molecule has 2 heterocycles. The smallest absolute Gasteiger partial charge is 0.321 e. The molecule has 0 bridgehead atoms. The molecule has 1 aromatic heterocycles. The first-order chi connectivity index (χ1) is 13.6. The van der Waals surface area contributed by atoms with E-state index in [2.05, 4.69) is 22.5 Å². The summed E-state index contributed by atoms with van der Waals surface area (Å²) < 4.78 is 1.82. The molecule has 3 aromatic rings. The number of fused-ring (bicyclic) bond motifs is 3. The molecule has 0 radical (unpaired) electrons. The Kier molecular flexibility index (Phi) is 3.91. The number of hydrogen-bond donors (Lipinski definition) is 2. The van der Waals surface area contributed by atoms with Crippen LogP contribution in [-0.4, -0.2) is 45.0 Å². The molecule has 2 aromatic carbocycles. The van der Waals surface area contributed by atoms with E-state index in [-0.39, 0.29) is 17.6 Å². The van der Waals surface area contributed by atoms with Gasteiger partial charge in [0.2, 0.25) is 0 Å². The molecule has 1 aliphatic carbocycles. The van der Waals surface area contributed by atoms with Gasteiger partial charge in [-0.25, -0.2) is 4.79 Å². The quantitative estimate of drug-likeness (QED) is 0.686. The molecule has 1 atom stereocenters. The SMILES string of the molecule is Cn1ncc2cc(NC(=O)N3CCC4(CC3)c3ccccc3C[C@H]4O)ccc21. The lowest BCUT2D eigenvalue weighted by Gasteiger charge is -2.42. The summed E-state index contributed by atoms with van der Waals surface area (Å²) in [6.45, 7) is 1.29. The van der Waals surface area contributed by atoms with Gasteiger partial charge in [0.05, 0.1) is 17.8 Å². The fourth-order valence-electron chi connectivity index (χ4n) is 4.92. The first-order valence-corrected chi connectivity index (χ1v) is 9.81. The third-order valence-corrected chi connectivity index (χ3v) is 6.55. The molecule has 2 N–H and O–H groups in total. The summed E-state index contributed by atoms with van der Waals surface area (Å²) in [7, 11) is 1.90. The molecule has 2 amide bonds. The highest BCUT2D eigenvalue weighted by molar-refractivity contribution is 5.92. The van der Waals surface area contributed by atoms with Crippen LogP contribution in [0.3, 0.4) is 0 Å². The van der Waals surface area contributed by atoms with Crippen LogP contribution in [0.15, 0.2) is 48.7 Å². The molecule has 2 aliphatic rings. The number of aliphatic hydroxyl groups excluding tert-OH is 1. The van der Waals surface area contributed by atoms with Crippen LogP contribution >= 0.6 is 0 Å². The van der Waals surface area contributed by atoms with Crippen molar-refractivity contribution in [2.24, 2.45) is 7.05 Å². The fraction of sp³-hybridized carbons (Fsp3) is 0.364. The molecular weight excluding hydrogens is 352 g/mol. The number of hydrogen-bond acceptors (Lipinski definition) is 3. The third kappa shape index (κ3) is 2.59. The van der Waals surface area contributed by atoms with Crippen molar-refractivity contribution in [3.63, 3.8) is 0 Å². The van der Waals surface area contributed by atoms with Crippen molar-refractivity contribution in [1.82, 2.24) is 14.7 Å². The zero-order valence-corrected chi connectivity index (χ0v) is 15.9. The number of benzene rings is 2. The van der Waals surface area contributed by atoms with Crippen molar-refractivity contribution in [1.29, 1.82) is 0 Å². The second-order valence-corrected chi connectivity index (χ2v) is 7.99. The van der Waals surface area contributed by atoms with Gasteiger partial charge in [-0.15, -0.1) is 0 Å². The van der Waals surface area contributed by atoms with Gasteiger partial charge in [0.25, 0.3) is 0 Å². The van der Waals surface area contributed by atoms with Crippen LogP contribution in [0.2, 0.25) is 0 Å². The Morgan fingerprint density at radius 3 is 2.82 bits per heavy atom. The highest BCUT2D eigenvalue weighted by Gasteiger charge is 2.48. The second kappa shape index (κ2) is 6.34. The molecule has 6 heteroatoms. The summed E-state index contributed by atoms with van der Waals surface area (Å²) in [6, 6.07) is 14.1. The minimum atomic E-state index is -0.358. The number of urea groups is 1. The monoisotopic (exact) mass is 376 g/mol. The van der Waals surface area contributed by atoms with Crippen LogP contribution in [0.25, 0.3) is 10.9 Å². The van der Waals surface area contributed by atoms with E-state index in [0.717, 1.165) is 29.4 Å². The largest absolute Gasteiger partial charge is 0.392 e. The van der Waals surface area contributed by atoms with Crippen molar-refractivity contribution < 1.29 is 9.90 Å². The van der Waals surface area contributed by atoms with Crippen LogP contribution in [0.1, 0.15) is 24.0 Å². The molecule has 1 aliphatic heterocycles. The summed E-state index contributed by atoms with van der Waals surface area (Å²) in [5.74, 6) is 0. The number of aromatic nitrogens is 2. The molecule has 1 fully saturated rings. The molecule has 0 saturated carbocycles. The van der Waals surface area contributed by atoms with E-state index in [1.165, 1.54) is 11.1 Å². The molecule has 0 unspecified atom stereocenters. The summed E-state index contributed by atoms with van der Waals surface area (Å²) in [4.78, 5) is 14.6. The molecule has 1 saturated heterocycles. The first-order valence-electron chi connectivity index (χ1n) is 9.81. The summed E-state index contributed by atoms with van der Waals surface area (Å²) in [5.41, 5.74) is 4.12. The van der Waals surface area contributed by atoms with E-state index in [9.17, 15) is 9.90 Å². The van der Waals surface area contributed by atoms with E-state index in [1.807, 2.05) is 47.0 Å². The van der Waals surface area contributed by atoms with Crippen molar-refractivity contribution in [2.75, 3.05) is 18.4 Å². The lowest BCUT2D eigenvalue weighted by molar-refractivity contribution is 0.0531. The van der Waals surface area contributed by atoms with E-state index < -0.39 is 0 Å². The number of anilines is 1.